The molecule has 2 saturated heterocycles. The van der Waals surface area contributed by atoms with Gasteiger partial charge in [-0.25, -0.2) is 0 Å². The van der Waals surface area contributed by atoms with Gasteiger partial charge in [-0.1, -0.05) is 47.4 Å². The molecule has 2 atom stereocenters. The molecule has 2 aromatic carbocycles. The first kappa shape index (κ1) is 26.0. The molecule has 2 unspecified atom stereocenters. The highest BCUT2D eigenvalue weighted by atomic mass is 35.5. The second-order valence-corrected chi connectivity index (χ2v) is 11.1. The second kappa shape index (κ2) is 11.8. The number of benzene rings is 2. The van der Waals surface area contributed by atoms with Gasteiger partial charge in [0.1, 0.15) is 0 Å². The summed E-state index contributed by atoms with van der Waals surface area (Å²) in [5, 5.41) is 8.25. The van der Waals surface area contributed by atoms with E-state index in [2.05, 4.69) is 56.4 Å². The molecule has 1 aromatic heterocycles. The van der Waals surface area contributed by atoms with E-state index in [0.29, 0.717) is 47.0 Å². The van der Waals surface area contributed by atoms with Crippen LogP contribution in [0.25, 0.3) is 11.4 Å². The number of amides is 1. The SMILES string of the molecule is CC1CCCN(c2ccc(CNC(=O)C3CCCN(Cc4nc(-c5ccc(Cl)cc5Cl)no4)C3)cc2)C1. The number of carbonyl (C=O) groups excluding carboxylic acids is 1. The summed E-state index contributed by atoms with van der Waals surface area (Å²) in [6, 6.07) is 13.8. The molecule has 0 saturated carbocycles. The number of nitrogens with zero attached hydrogens (tertiary/aromatic N) is 4. The van der Waals surface area contributed by atoms with Crippen LogP contribution in [0, 0.1) is 11.8 Å². The van der Waals surface area contributed by atoms with E-state index in [9.17, 15) is 4.79 Å². The standard InChI is InChI=1S/C28H33Cl2N5O2/c1-19-4-2-13-35(16-19)23-9-6-20(7-10-23)15-31-28(36)21-5-3-12-34(17-21)18-26-32-27(33-37-26)24-11-8-22(29)14-25(24)30/h6-11,14,19,21H,2-5,12-13,15-18H2,1H3,(H,31,36). The maximum Gasteiger partial charge on any atom is 0.241 e. The molecule has 7 nitrogen and oxygen atoms in total. The molecular weight excluding hydrogens is 509 g/mol. The van der Waals surface area contributed by atoms with E-state index >= 15 is 0 Å². The minimum absolute atomic E-state index is 0.0593. The van der Waals surface area contributed by atoms with Gasteiger partial charge in [0, 0.05) is 42.5 Å². The summed E-state index contributed by atoms with van der Waals surface area (Å²) in [5.74, 6) is 1.72. The van der Waals surface area contributed by atoms with Gasteiger partial charge < -0.3 is 14.7 Å². The van der Waals surface area contributed by atoms with Gasteiger partial charge in [0.25, 0.3) is 0 Å². The van der Waals surface area contributed by atoms with Gasteiger partial charge in [-0.3, -0.25) is 9.69 Å². The second-order valence-electron chi connectivity index (χ2n) is 10.3. The van der Waals surface area contributed by atoms with E-state index in [1.807, 2.05) is 0 Å². The quantitative estimate of drug-likeness (QED) is 0.406. The molecule has 2 fully saturated rings. The average molecular weight is 543 g/mol. The van der Waals surface area contributed by atoms with Crippen molar-refractivity contribution in [2.45, 2.75) is 45.7 Å². The van der Waals surface area contributed by atoms with Crippen LogP contribution < -0.4 is 10.2 Å². The minimum atomic E-state index is -0.0593. The van der Waals surface area contributed by atoms with Crippen LogP contribution in [-0.2, 0) is 17.9 Å². The Morgan fingerprint density at radius 1 is 1.08 bits per heavy atom. The van der Waals surface area contributed by atoms with Crippen molar-refractivity contribution >= 4 is 34.8 Å². The first-order valence-corrected chi connectivity index (χ1v) is 13.8. The normalized spacial score (nSPS) is 20.7. The molecule has 2 aliphatic heterocycles. The third-order valence-electron chi connectivity index (χ3n) is 7.30. The zero-order valence-corrected chi connectivity index (χ0v) is 22.6. The van der Waals surface area contributed by atoms with Crippen LogP contribution in [0.15, 0.2) is 47.0 Å². The summed E-state index contributed by atoms with van der Waals surface area (Å²) in [6.45, 7) is 7.15. The number of hydrogen-bond donors (Lipinski definition) is 1. The zero-order chi connectivity index (χ0) is 25.8. The van der Waals surface area contributed by atoms with Crippen LogP contribution in [0.1, 0.15) is 44.1 Å². The van der Waals surface area contributed by atoms with Gasteiger partial charge in [0.15, 0.2) is 0 Å². The monoisotopic (exact) mass is 541 g/mol. The molecule has 196 valence electrons. The highest BCUT2D eigenvalue weighted by Crippen LogP contribution is 2.29. The third-order valence-corrected chi connectivity index (χ3v) is 7.85. The Kier molecular flexibility index (Phi) is 8.33. The van der Waals surface area contributed by atoms with Crippen LogP contribution >= 0.6 is 23.2 Å². The fourth-order valence-corrected chi connectivity index (χ4v) is 5.78. The Hall–Kier alpha value is -2.61. The van der Waals surface area contributed by atoms with Crippen molar-refractivity contribution in [1.82, 2.24) is 20.4 Å². The van der Waals surface area contributed by atoms with E-state index in [4.69, 9.17) is 27.7 Å². The lowest BCUT2D eigenvalue weighted by atomic mass is 9.97. The number of piperidine rings is 2. The number of likely N-dealkylation sites (tertiary alicyclic amines) is 1. The molecule has 0 aliphatic carbocycles. The Balaban J connectivity index is 1.12. The van der Waals surface area contributed by atoms with Crippen molar-refractivity contribution in [3.05, 3.63) is 64.0 Å². The van der Waals surface area contributed by atoms with Crippen molar-refractivity contribution in [3.8, 4) is 11.4 Å². The Morgan fingerprint density at radius 3 is 2.68 bits per heavy atom. The number of anilines is 1. The van der Waals surface area contributed by atoms with E-state index in [-0.39, 0.29) is 11.8 Å². The van der Waals surface area contributed by atoms with Crippen LogP contribution in [0.4, 0.5) is 5.69 Å². The van der Waals surface area contributed by atoms with Crippen LogP contribution in [0.5, 0.6) is 0 Å². The smallest absolute Gasteiger partial charge is 0.241 e. The maximum absolute atomic E-state index is 13.0. The predicted molar refractivity (Wildman–Crippen MR) is 147 cm³/mol. The number of halogens is 2. The van der Waals surface area contributed by atoms with Crippen LogP contribution in [-0.4, -0.2) is 47.1 Å². The maximum atomic E-state index is 13.0. The molecule has 3 heterocycles. The molecule has 0 radical (unpaired) electrons. The van der Waals surface area contributed by atoms with Crippen molar-refractivity contribution < 1.29 is 9.32 Å². The Labute approximate surface area is 228 Å². The molecule has 0 bridgehead atoms. The molecule has 5 rings (SSSR count). The summed E-state index contributed by atoms with van der Waals surface area (Å²) in [6.07, 6.45) is 4.39. The molecule has 3 aromatic rings. The third kappa shape index (κ3) is 6.64. The molecule has 9 heteroatoms. The summed E-state index contributed by atoms with van der Waals surface area (Å²) in [5.41, 5.74) is 3.07. The summed E-state index contributed by atoms with van der Waals surface area (Å²) in [4.78, 5) is 22.1. The van der Waals surface area contributed by atoms with Gasteiger partial charge in [-0.15, -0.1) is 0 Å². The lowest BCUT2D eigenvalue weighted by molar-refractivity contribution is -0.127. The highest BCUT2D eigenvalue weighted by Gasteiger charge is 2.27. The lowest BCUT2D eigenvalue weighted by Gasteiger charge is -2.33. The number of carbonyl (C=O) groups is 1. The van der Waals surface area contributed by atoms with E-state index in [0.717, 1.165) is 44.0 Å². The fourth-order valence-electron chi connectivity index (χ4n) is 5.29. The summed E-state index contributed by atoms with van der Waals surface area (Å²) >= 11 is 12.3. The van der Waals surface area contributed by atoms with E-state index in [1.165, 1.54) is 18.5 Å². The first-order chi connectivity index (χ1) is 17.9. The van der Waals surface area contributed by atoms with Gasteiger partial charge in [0.05, 0.1) is 17.5 Å². The molecular formula is C28H33Cl2N5O2. The van der Waals surface area contributed by atoms with Crippen molar-refractivity contribution in [1.29, 1.82) is 0 Å². The van der Waals surface area contributed by atoms with Gasteiger partial charge in [-0.2, -0.15) is 4.98 Å². The molecule has 0 spiro atoms. The van der Waals surface area contributed by atoms with Crippen molar-refractivity contribution in [2.24, 2.45) is 11.8 Å². The Bertz CT molecular complexity index is 1220. The first-order valence-electron chi connectivity index (χ1n) is 13.1. The van der Waals surface area contributed by atoms with Crippen LogP contribution in [0.2, 0.25) is 10.0 Å². The predicted octanol–water partition coefficient (Wildman–Crippen LogP) is 5.81. The Morgan fingerprint density at radius 2 is 1.89 bits per heavy atom. The fraction of sp³-hybridized carbons (Fsp3) is 0.464. The van der Waals surface area contributed by atoms with Crippen LogP contribution in [0.3, 0.4) is 0 Å². The number of nitrogens with one attached hydrogen (secondary N) is 1. The summed E-state index contributed by atoms with van der Waals surface area (Å²) < 4.78 is 5.47. The molecule has 37 heavy (non-hydrogen) atoms. The lowest BCUT2D eigenvalue weighted by Crippen LogP contribution is -2.42. The van der Waals surface area contributed by atoms with Gasteiger partial charge in [0.2, 0.25) is 17.6 Å². The molecule has 2 aliphatic rings. The largest absolute Gasteiger partial charge is 0.371 e. The average Bonchev–Trinajstić information content (AvgIpc) is 3.35. The molecule has 1 amide bonds. The number of hydrogen-bond acceptors (Lipinski definition) is 6. The van der Waals surface area contributed by atoms with Crippen molar-refractivity contribution in [3.63, 3.8) is 0 Å². The molecule has 1 N–H and O–H groups in total. The summed E-state index contributed by atoms with van der Waals surface area (Å²) in [7, 11) is 0. The zero-order valence-electron chi connectivity index (χ0n) is 21.1. The van der Waals surface area contributed by atoms with E-state index < -0.39 is 0 Å². The number of aromatic nitrogens is 2. The minimum Gasteiger partial charge on any atom is -0.371 e. The number of rotatable bonds is 7. The highest BCUT2D eigenvalue weighted by molar-refractivity contribution is 6.36. The van der Waals surface area contributed by atoms with Gasteiger partial charge in [-0.05, 0) is 74.0 Å². The van der Waals surface area contributed by atoms with Crippen molar-refractivity contribution in [2.75, 3.05) is 31.1 Å². The van der Waals surface area contributed by atoms with E-state index in [1.54, 1.807) is 18.2 Å². The topological polar surface area (TPSA) is 74.5 Å². The van der Waals surface area contributed by atoms with Gasteiger partial charge >= 0.3 is 0 Å².